The van der Waals surface area contributed by atoms with Crippen LogP contribution in [0.25, 0.3) is 0 Å². The van der Waals surface area contributed by atoms with E-state index in [1.54, 1.807) is 0 Å². The Labute approximate surface area is 165 Å². The van der Waals surface area contributed by atoms with Crippen molar-refractivity contribution in [3.63, 3.8) is 0 Å². The van der Waals surface area contributed by atoms with E-state index in [0.29, 0.717) is 6.61 Å². The number of hydrogen-bond donors (Lipinski definition) is 2. The number of rotatable bonds is 22. The number of nitrogens with zero attached hydrogens (tertiary/aromatic N) is 1. The minimum absolute atomic E-state index is 0.348. The molecule has 0 amide bonds. The topological polar surface area (TPSA) is 35.5 Å². The number of unbranched alkanes of at least 4 members (excludes halogenated alkanes) is 15. The van der Waals surface area contributed by atoms with Crippen molar-refractivity contribution >= 4 is 0 Å². The molecule has 0 bridgehead atoms. The highest BCUT2D eigenvalue weighted by atomic mass is 16.2. The van der Waals surface area contributed by atoms with Crippen LogP contribution in [-0.2, 0) is 0 Å². The molecule has 0 saturated heterocycles. The van der Waals surface area contributed by atoms with Crippen molar-refractivity contribution in [2.24, 2.45) is 0 Å². The van der Waals surface area contributed by atoms with Crippen molar-refractivity contribution in [3.8, 4) is 0 Å². The molecule has 0 saturated carbocycles. The number of hydrogen-bond acceptors (Lipinski definition) is 3. The lowest BCUT2D eigenvalue weighted by Crippen LogP contribution is -2.20. The van der Waals surface area contributed by atoms with Crippen LogP contribution in [0.2, 0.25) is 0 Å². The molecular formula is C23H50N2O. The van der Waals surface area contributed by atoms with Gasteiger partial charge in [0, 0.05) is 6.61 Å². The van der Waals surface area contributed by atoms with Crippen LogP contribution in [0.1, 0.15) is 109 Å². The van der Waals surface area contributed by atoms with Crippen molar-refractivity contribution < 1.29 is 5.11 Å². The van der Waals surface area contributed by atoms with Crippen LogP contribution in [0.4, 0.5) is 0 Å². The van der Waals surface area contributed by atoms with E-state index in [2.05, 4.69) is 17.3 Å². The van der Waals surface area contributed by atoms with Gasteiger partial charge in [0.15, 0.2) is 0 Å². The fraction of sp³-hybridized carbons (Fsp3) is 1.00. The van der Waals surface area contributed by atoms with Gasteiger partial charge < -0.3 is 15.3 Å². The maximum Gasteiger partial charge on any atom is 0.0431 e. The highest BCUT2D eigenvalue weighted by Gasteiger charge is 1.99. The summed E-state index contributed by atoms with van der Waals surface area (Å²) in [7, 11) is 4.28. The summed E-state index contributed by atoms with van der Waals surface area (Å²) in [6.45, 7) is 3.97. The molecule has 0 aromatic heterocycles. The molecule has 3 nitrogen and oxygen atoms in total. The maximum atomic E-state index is 8.78. The smallest absolute Gasteiger partial charge is 0.0431 e. The maximum absolute atomic E-state index is 8.78. The van der Waals surface area contributed by atoms with Gasteiger partial charge in [-0.2, -0.15) is 0 Å². The largest absolute Gasteiger partial charge is 0.396 e. The van der Waals surface area contributed by atoms with Gasteiger partial charge >= 0.3 is 0 Å². The quantitative estimate of drug-likeness (QED) is 0.238. The van der Waals surface area contributed by atoms with Gasteiger partial charge in [-0.3, -0.25) is 0 Å². The molecule has 0 aromatic carbocycles. The van der Waals surface area contributed by atoms with Crippen molar-refractivity contribution in [3.05, 3.63) is 0 Å². The fourth-order valence-corrected chi connectivity index (χ4v) is 3.59. The molecular weight excluding hydrogens is 320 g/mol. The average Bonchev–Trinajstić information content (AvgIpc) is 2.65. The monoisotopic (exact) mass is 370 g/mol. The molecule has 0 aromatic rings. The molecule has 0 heterocycles. The lowest BCUT2D eigenvalue weighted by Gasteiger charge is -2.16. The van der Waals surface area contributed by atoms with Crippen LogP contribution in [0.5, 0.6) is 0 Å². The highest BCUT2D eigenvalue weighted by Crippen LogP contribution is 2.13. The van der Waals surface area contributed by atoms with Crippen LogP contribution in [0, 0.1) is 0 Å². The van der Waals surface area contributed by atoms with Gasteiger partial charge in [-0.25, -0.2) is 0 Å². The first kappa shape index (κ1) is 25.9. The van der Waals surface area contributed by atoms with Gasteiger partial charge in [-0.15, -0.1) is 0 Å². The van der Waals surface area contributed by atoms with Crippen LogP contribution in [-0.4, -0.2) is 50.3 Å². The first-order chi connectivity index (χ1) is 12.8. The summed E-state index contributed by atoms with van der Waals surface area (Å²) in [6.07, 6.45) is 23.3. The van der Waals surface area contributed by atoms with Crippen molar-refractivity contribution in [1.82, 2.24) is 10.2 Å². The molecule has 158 valence electrons. The third-order valence-corrected chi connectivity index (χ3v) is 5.41. The van der Waals surface area contributed by atoms with Gasteiger partial charge in [0.2, 0.25) is 0 Å². The second-order valence-electron chi connectivity index (χ2n) is 8.14. The zero-order chi connectivity index (χ0) is 19.1. The second kappa shape index (κ2) is 22.9. The Bertz CT molecular complexity index is 248. The molecule has 0 unspecified atom stereocenters. The first-order valence-electron chi connectivity index (χ1n) is 11.7. The molecule has 0 radical (unpaired) electrons. The molecule has 3 heteroatoms. The lowest BCUT2D eigenvalue weighted by molar-refractivity contribution is 0.271. The van der Waals surface area contributed by atoms with Crippen LogP contribution in [0.3, 0.4) is 0 Å². The summed E-state index contributed by atoms with van der Waals surface area (Å²) >= 11 is 0. The Morgan fingerprint density at radius 2 is 0.885 bits per heavy atom. The van der Waals surface area contributed by atoms with Gasteiger partial charge in [-0.05, 0) is 65.8 Å². The minimum Gasteiger partial charge on any atom is -0.396 e. The van der Waals surface area contributed by atoms with E-state index in [4.69, 9.17) is 5.11 Å². The zero-order valence-electron chi connectivity index (χ0n) is 18.2. The van der Waals surface area contributed by atoms with Crippen LogP contribution >= 0.6 is 0 Å². The molecule has 0 spiro atoms. The Kier molecular flexibility index (Phi) is 22.8. The molecule has 0 aliphatic rings. The van der Waals surface area contributed by atoms with Crippen LogP contribution in [0.15, 0.2) is 0 Å². The Morgan fingerprint density at radius 3 is 1.27 bits per heavy atom. The first-order valence-corrected chi connectivity index (χ1v) is 11.7. The predicted octanol–water partition coefficient (Wildman–Crippen LogP) is 5.76. The molecule has 0 fully saturated rings. The summed E-state index contributed by atoms with van der Waals surface area (Å²) < 4.78 is 0. The third kappa shape index (κ3) is 21.9. The summed E-state index contributed by atoms with van der Waals surface area (Å²) in [6, 6.07) is 0. The summed E-state index contributed by atoms with van der Waals surface area (Å²) in [5, 5.41) is 12.0. The molecule has 0 aliphatic heterocycles. The van der Waals surface area contributed by atoms with Crippen molar-refractivity contribution in [2.75, 3.05) is 40.3 Å². The lowest BCUT2D eigenvalue weighted by atomic mass is 10.0. The normalized spacial score (nSPS) is 11.5. The SMILES string of the molecule is CNCCCCCCCCCCCCCCCCN(C)CCCCCO. The second-order valence-corrected chi connectivity index (χ2v) is 8.14. The van der Waals surface area contributed by atoms with E-state index in [9.17, 15) is 0 Å². The predicted molar refractivity (Wildman–Crippen MR) is 117 cm³/mol. The van der Waals surface area contributed by atoms with Crippen molar-refractivity contribution in [2.45, 2.75) is 109 Å². The van der Waals surface area contributed by atoms with E-state index < -0.39 is 0 Å². The number of nitrogens with one attached hydrogen (secondary N) is 1. The molecule has 26 heavy (non-hydrogen) atoms. The van der Waals surface area contributed by atoms with Crippen molar-refractivity contribution in [1.29, 1.82) is 0 Å². The van der Waals surface area contributed by atoms with Gasteiger partial charge in [0.05, 0.1) is 0 Å². The van der Waals surface area contributed by atoms with E-state index in [-0.39, 0.29) is 0 Å². The Morgan fingerprint density at radius 1 is 0.538 bits per heavy atom. The summed E-state index contributed by atoms with van der Waals surface area (Å²) in [5.41, 5.74) is 0. The van der Waals surface area contributed by atoms with E-state index >= 15 is 0 Å². The summed E-state index contributed by atoms with van der Waals surface area (Å²) in [4.78, 5) is 2.46. The minimum atomic E-state index is 0.348. The fourth-order valence-electron chi connectivity index (χ4n) is 3.59. The molecule has 2 N–H and O–H groups in total. The number of aliphatic hydroxyl groups excluding tert-OH is 1. The Hall–Kier alpha value is -0.120. The average molecular weight is 371 g/mol. The standard InChI is InChI=1S/C23H50N2O/c1-24-20-16-13-11-9-7-5-3-4-6-8-10-12-14-17-21-25(2)22-18-15-19-23-26/h24,26H,3-23H2,1-2H3. The molecule has 0 atom stereocenters. The third-order valence-electron chi connectivity index (χ3n) is 5.41. The zero-order valence-corrected chi connectivity index (χ0v) is 18.2. The summed E-state index contributed by atoms with van der Waals surface area (Å²) in [5.74, 6) is 0. The van der Waals surface area contributed by atoms with E-state index in [1.807, 2.05) is 7.05 Å². The van der Waals surface area contributed by atoms with Gasteiger partial charge in [0.1, 0.15) is 0 Å². The van der Waals surface area contributed by atoms with Gasteiger partial charge in [-0.1, -0.05) is 77.0 Å². The molecule has 0 rings (SSSR count). The highest BCUT2D eigenvalue weighted by molar-refractivity contribution is 4.54. The Balaban J connectivity index is 3.06. The number of aliphatic hydroxyl groups is 1. The van der Waals surface area contributed by atoms with E-state index in [0.717, 1.165) is 12.8 Å². The van der Waals surface area contributed by atoms with E-state index in [1.165, 1.54) is 116 Å². The van der Waals surface area contributed by atoms with Gasteiger partial charge in [0.25, 0.3) is 0 Å². The van der Waals surface area contributed by atoms with Crippen LogP contribution < -0.4 is 5.32 Å². The molecule has 0 aliphatic carbocycles.